The van der Waals surface area contributed by atoms with Crippen LogP contribution in [0.15, 0.2) is 60.7 Å². The number of nitrogens with zero attached hydrogens (tertiary/aromatic N) is 1. The molecule has 2 atom stereocenters. The first-order valence-electron chi connectivity index (χ1n) is 9.47. The lowest BCUT2D eigenvalue weighted by Crippen LogP contribution is -2.48. The van der Waals surface area contributed by atoms with Crippen molar-refractivity contribution in [1.29, 1.82) is 0 Å². The SMILES string of the molecule is C[C@H](CCN(C(=O)OCc1ccccc1)[C@@H](CO)C(=O)O)OCc1ccccc1. The highest BCUT2D eigenvalue weighted by molar-refractivity contribution is 5.80. The topological polar surface area (TPSA) is 96.3 Å². The van der Waals surface area contributed by atoms with Gasteiger partial charge in [-0.3, -0.25) is 4.90 Å². The lowest BCUT2D eigenvalue weighted by Gasteiger charge is -2.28. The van der Waals surface area contributed by atoms with E-state index in [4.69, 9.17) is 9.47 Å². The van der Waals surface area contributed by atoms with E-state index in [9.17, 15) is 19.8 Å². The number of benzene rings is 2. The number of carboxylic acid groups (broad SMARTS) is 1. The van der Waals surface area contributed by atoms with Crippen LogP contribution in [0.4, 0.5) is 4.79 Å². The Bertz CT molecular complexity index is 752. The van der Waals surface area contributed by atoms with Crippen LogP contribution >= 0.6 is 0 Å². The molecule has 1 amide bonds. The van der Waals surface area contributed by atoms with Crippen molar-refractivity contribution in [3.05, 3.63) is 71.8 Å². The Morgan fingerprint density at radius 1 is 0.966 bits per heavy atom. The highest BCUT2D eigenvalue weighted by atomic mass is 16.6. The van der Waals surface area contributed by atoms with E-state index in [1.807, 2.05) is 55.5 Å². The molecule has 0 heterocycles. The molecule has 0 unspecified atom stereocenters. The zero-order valence-corrected chi connectivity index (χ0v) is 16.4. The Kier molecular flexibility index (Phi) is 9.14. The van der Waals surface area contributed by atoms with Gasteiger partial charge < -0.3 is 19.7 Å². The lowest BCUT2D eigenvalue weighted by atomic mass is 10.2. The maximum atomic E-state index is 12.5. The number of carbonyl (C=O) groups excluding carboxylic acids is 1. The monoisotopic (exact) mass is 401 g/mol. The van der Waals surface area contributed by atoms with Crippen LogP contribution in [0.25, 0.3) is 0 Å². The lowest BCUT2D eigenvalue weighted by molar-refractivity contribution is -0.144. The average molecular weight is 401 g/mol. The quantitative estimate of drug-likeness (QED) is 0.601. The van der Waals surface area contributed by atoms with Gasteiger partial charge in [-0.15, -0.1) is 0 Å². The highest BCUT2D eigenvalue weighted by Crippen LogP contribution is 2.11. The summed E-state index contributed by atoms with van der Waals surface area (Å²) < 4.78 is 11.0. The Labute approximate surface area is 170 Å². The van der Waals surface area contributed by atoms with Gasteiger partial charge in [0, 0.05) is 6.54 Å². The first-order chi connectivity index (χ1) is 14.0. The molecule has 7 heteroatoms. The summed E-state index contributed by atoms with van der Waals surface area (Å²) in [7, 11) is 0. The average Bonchev–Trinajstić information content (AvgIpc) is 2.74. The molecule has 0 radical (unpaired) electrons. The molecule has 0 aliphatic heterocycles. The van der Waals surface area contributed by atoms with Crippen LogP contribution in [-0.2, 0) is 27.5 Å². The minimum absolute atomic E-state index is 0.0218. The molecule has 0 aliphatic rings. The molecule has 0 bridgehead atoms. The number of hydrogen-bond donors (Lipinski definition) is 2. The normalized spacial score (nSPS) is 12.8. The Morgan fingerprint density at radius 2 is 1.52 bits per heavy atom. The van der Waals surface area contributed by atoms with Crippen LogP contribution in [0.3, 0.4) is 0 Å². The van der Waals surface area contributed by atoms with Crippen molar-refractivity contribution in [2.45, 2.75) is 38.7 Å². The summed E-state index contributed by atoms with van der Waals surface area (Å²) in [5.41, 5.74) is 1.81. The van der Waals surface area contributed by atoms with Crippen molar-refractivity contribution in [2.75, 3.05) is 13.2 Å². The molecule has 29 heavy (non-hydrogen) atoms. The molecule has 0 saturated heterocycles. The van der Waals surface area contributed by atoms with Crippen molar-refractivity contribution in [2.24, 2.45) is 0 Å². The molecule has 2 aromatic rings. The van der Waals surface area contributed by atoms with Gasteiger partial charge in [0.25, 0.3) is 0 Å². The van der Waals surface area contributed by atoms with Gasteiger partial charge in [0.15, 0.2) is 6.04 Å². The van der Waals surface area contributed by atoms with Gasteiger partial charge in [-0.1, -0.05) is 60.7 Å². The van der Waals surface area contributed by atoms with E-state index < -0.39 is 24.7 Å². The summed E-state index contributed by atoms with van der Waals surface area (Å²) in [6, 6.07) is 17.4. The molecule has 7 nitrogen and oxygen atoms in total. The van der Waals surface area contributed by atoms with Crippen LogP contribution in [0, 0.1) is 0 Å². The number of hydrogen-bond acceptors (Lipinski definition) is 5. The van der Waals surface area contributed by atoms with E-state index in [1.54, 1.807) is 12.1 Å². The summed E-state index contributed by atoms with van der Waals surface area (Å²) in [5.74, 6) is -1.29. The predicted molar refractivity (Wildman–Crippen MR) is 107 cm³/mol. The van der Waals surface area contributed by atoms with Gasteiger partial charge in [-0.2, -0.15) is 0 Å². The van der Waals surface area contributed by atoms with Crippen molar-refractivity contribution < 1.29 is 29.3 Å². The van der Waals surface area contributed by atoms with Crippen molar-refractivity contribution in [3.8, 4) is 0 Å². The molecule has 0 aromatic heterocycles. The van der Waals surface area contributed by atoms with Crippen LogP contribution in [0.2, 0.25) is 0 Å². The first kappa shape index (κ1) is 22.4. The fraction of sp³-hybridized carbons (Fsp3) is 0.364. The highest BCUT2D eigenvalue weighted by Gasteiger charge is 2.30. The second kappa shape index (κ2) is 11.8. The van der Waals surface area contributed by atoms with E-state index in [1.165, 1.54) is 0 Å². The Balaban J connectivity index is 1.92. The van der Waals surface area contributed by atoms with Gasteiger partial charge >= 0.3 is 12.1 Å². The number of ether oxygens (including phenoxy) is 2. The van der Waals surface area contributed by atoms with Gasteiger partial charge in [-0.05, 0) is 24.5 Å². The predicted octanol–water partition coefficient (Wildman–Crippen LogP) is 3.07. The maximum absolute atomic E-state index is 12.5. The smallest absolute Gasteiger partial charge is 0.410 e. The molecule has 0 spiro atoms. The second-order valence-corrected chi connectivity index (χ2v) is 6.67. The van der Waals surface area contributed by atoms with E-state index in [0.29, 0.717) is 13.0 Å². The summed E-state index contributed by atoms with van der Waals surface area (Å²) in [6.45, 7) is 1.68. The number of aliphatic hydroxyl groups excluding tert-OH is 1. The van der Waals surface area contributed by atoms with Crippen molar-refractivity contribution in [3.63, 3.8) is 0 Å². The molecule has 0 aliphatic carbocycles. The number of aliphatic carboxylic acids is 1. The van der Waals surface area contributed by atoms with Gasteiger partial charge in [0.2, 0.25) is 0 Å². The molecule has 2 rings (SSSR count). The Morgan fingerprint density at radius 3 is 2.03 bits per heavy atom. The summed E-state index contributed by atoms with van der Waals surface area (Å²) in [5, 5.41) is 18.8. The number of carboxylic acids is 1. The molecule has 156 valence electrons. The largest absolute Gasteiger partial charge is 0.480 e. The summed E-state index contributed by atoms with van der Waals surface area (Å²) in [6.07, 6.45) is -0.602. The van der Waals surface area contributed by atoms with Crippen LogP contribution in [0.1, 0.15) is 24.5 Å². The van der Waals surface area contributed by atoms with Crippen molar-refractivity contribution >= 4 is 12.1 Å². The maximum Gasteiger partial charge on any atom is 0.410 e. The summed E-state index contributed by atoms with van der Waals surface area (Å²) in [4.78, 5) is 25.0. The third-order valence-corrected chi connectivity index (χ3v) is 4.43. The number of carbonyl (C=O) groups is 2. The van der Waals surface area contributed by atoms with Crippen molar-refractivity contribution in [1.82, 2.24) is 4.90 Å². The Hall–Kier alpha value is -2.90. The van der Waals surface area contributed by atoms with E-state index in [2.05, 4.69) is 0 Å². The van der Waals surface area contributed by atoms with Gasteiger partial charge in [0.1, 0.15) is 6.61 Å². The van der Waals surface area contributed by atoms with E-state index in [0.717, 1.165) is 16.0 Å². The number of amides is 1. The fourth-order valence-corrected chi connectivity index (χ4v) is 2.70. The molecule has 2 aromatic carbocycles. The fourth-order valence-electron chi connectivity index (χ4n) is 2.70. The first-order valence-corrected chi connectivity index (χ1v) is 9.47. The second-order valence-electron chi connectivity index (χ2n) is 6.67. The van der Waals surface area contributed by atoms with Crippen LogP contribution in [-0.4, -0.2) is 52.5 Å². The van der Waals surface area contributed by atoms with Crippen LogP contribution in [0.5, 0.6) is 0 Å². The van der Waals surface area contributed by atoms with Gasteiger partial charge in [0.05, 0.1) is 19.3 Å². The summed E-state index contributed by atoms with van der Waals surface area (Å²) >= 11 is 0. The zero-order valence-electron chi connectivity index (χ0n) is 16.4. The van der Waals surface area contributed by atoms with Crippen LogP contribution < -0.4 is 0 Å². The molecular formula is C22H27NO6. The van der Waals surface area contributed by atoms with E-state index in [-0.39, 0.29) is 19.3 Å². The third kappa shape index (κ3) is 7.56. The zero-order chi connectivity index (χ0) is 21.1. The number of aliphatic hydroxyl groups is 1. The minimum Gasteiger partial charge on any atom is -0.480 e. The molecule has 0 fully saturated rings. The van der Waals surface area contributed by atoms with E-state index >= 15 is 0 Å². The number of rotatable bonds is 11. The van der Waals surface area contributed by atoms with Gasteiger partial charge in [-0.25, -0.2) is 9.59 Å². The minimum atomic E-state index is -1.38. The third-order valence-electron chi connectivity index (χ3n) is 4.43. The molecule has 2 N–H and O–H groups in total. The standard InChI is InChI=1S/C22H27NO6/c1-17(28-15-18-8-4-2-5-9-18)12-13-23(20(14-24)21(25)26)22(27)29-16-19-10-6-3-7-11-19/h2-11,17,20,24H,12-16H2,1H3,(H,25,26)/t17-,20+/m1/s1. The molecule has 0 saturated carbocycles. The molecular weight excluding hydrogens is 374 g/mol.